The van der Waals surface area contributed by atoms with Gasteiger partial charge in [-0.15, -0.1) is 0 Å². The fourth-order valence-electron chi connectivity index (χ4n) is 1.49. The third-order valence-electron chi connectivity index (χ3n) is 2.19. The smallest absolute Gasteiger partial charge is 0.335 e. The summed E-state index contributed by atoms with van der Waals surface area (Å²) in [6, 6.07) is 3.98. The van der Waals surface area contributed by atoms with Gasteiger partial charge in [0.25, 0.3) is 0 Å². The average molecular weight is 190 g/mol. The number of carboxylic acids is 1. The number of carbonyl (C=O) groups excluding carboxylic acids is 2. The Morgan fingerprint density at radius 1 is 1.14 bits per heavy atom. The summed E-state index contributed by atoms with van der Waals surface area (Å²) in [6.45, 7) is 0. The molecule has 2 rings (SSSR count). The first-order chi connectivity index (χ1) is 6.59. The molecule has 4 nitrogen and oxygen atoms in total. The number of ketones is 2. The van der Waals surface area contributed by atoms with E-state index in [0.29, 0.717) is 5.56 Å². The Hall–Kier alpha value is -1.97. The molecule has 0 unspecified atom stereocenters. The van der Waals surface area contributed by atoms with Crippen LogP contribution in [0.25, 0.3) is 0 Å². The Kier molecular flexibility index (Phi) is 1.70. The molecule has 4 heteroatoms. The van der Waals surface area contributed by atoms with Crippen molar-refractivity contribution >= 4 is 17.5 Å². The third-order valence-corrected chi connectivity index (χ3v) is 2.19. The monoisotopic (exact) mass is 190 g/mol. The van der Waals surface area contributed by atoms with Crippen LogP contribution in [0.3, 0.4) is 0 Å². The van der Waals surface area contributed by atoms with Crippen molar-refractivity contribution in [1.29, 1.82) is 0 Å². The fourth-order valence-corrected chi connectivity index (χ4v) is 1.49. The summed E-state index contributed by atoms with van der Waals surface area (Å²) >= 11 is 0. The van der Waals surface area contributed by atoms with E-state index >= 15 is 0 Å². The molecule has 0 aliphatic heterocycles. The Morgan fingerprint density at radius 3 is 2.43 bits per heavy atom. The van der Waals surface area contributed by atoms with Gasteiger partial charge in [0, 0.05) is 11.1 Å². The molecule has 0 saturated heterocycles. The van der Waals surface area contributed by atoms with E-state index in [1.54, 1.807) is 0 Å². The van der Waals surface area contributed by atoms with E-state index in [1.165, 1.54) is 18.2 Å². The van der Waals surface area contributed by atoms with Crippen molar-refractivity contribution in [2.24, 2.45) is 0 Å². The van der Waals surface area contributed by atoms with Gasteiger partial charge in [0.1, 0.15) is 0 Å². The van der Waals surface area contributed by atoms with Gasteiger partial charge in [0.15, 0.2) is 11.6 Å². The van der Waals surface area contributed by atoms with Gasteiger partial charge in [-0.2, -0.15) is 0 Å². The minimum absolute atomic E-state index is 0.0341. The van der Waals surface area contributed by atoms with Gasteiger partial charge in [0.05, 0.1) is 12.0 Å². The Labute approximate surface area is 79.2 Å². The van der Waals surface area contributed by atoms with Crippen LogP contribution < -0.4 is 0 Å². The highest BCUT2D eigenvalue weighted by Crippen LogP contribution is 2.22. The number of benzene rings is 1. The number of rotatable bonds is 1. The molecule has 0 fully saturated rings. The maximum Gasteiger partial charge on any atom is 0.335 e. The van der Waals surface area contributed by atoms with Crippen molar-refractivity contribution in [3.63, 3.8) is 0 Å². The summed E-state index contributed by atoms with van der Waals surface area (Å²) < 4.78 is 0. The van der Waals surface area contributed by atoms with Crippen LogP contribution in [0.15, 0.2) is 18.2 Å². The summed E-state index contributed by atoms with van der Waals surface area (Å²) in [5.41, 5.74) is 0.599. The number of aromatic carboxylic acids is 1. The molecule has 0 saturated carbocycles. The largest absolute Gasteiger partial charge is 0.478 e. The molecule has 0 spiro atoms. The van der Waals surface area contributed by atoms with Gasteiger partial charge in [0.2, 0.25) is 0 Å². The van der Waals surface area contributed by atoms with E-state index in [-0.39, 0.29) is 29.1 Å². The lowest BCUT2D eigenvalue weighted by Gasteiger charge is -1.97. The summed E-state index contributed by atoms with van der Waals surface area (Å²) in [6.07, 6.45) is -0.140. The molecule has 0 amide bonds. The molecule has 1 aromatic carbocycles. The van der Waals surface area contributed by atoms with E-state index in [4.69, 9.17) is 5.11 Å². The molecule has 0 radical (unpaired) electrons. The fraction of sp³-hybridized carbons (Fsp3) is 0.100. The highest BCUT2D eigenvalue weighted by Gasteiger charge is 2.27. The van der Waals surface area contributed by atoms with Crippen molar-refractivity contribution in [2.45, 2.75) is 6.42 Å². The first kappa shape index (κ1) is 8.62. The van der Waals surface area contributed by atoms with E-state index in [0.717, 1.165) is 0 Å². The first-order valence-electron chi connectivity index (χ1n) is 4.03. The molecular weight excluding hydrogens is 184 g/mol. The van der Waals surface area contributed by atoms with Crippen molar-refractivity contribution < 1.29 is 19.5 Å². The van der Waals surface area contributed by atoms with Crippen molar-refractivity contribution in [2.75, 3.05) is 0 Å². The highest BCUT2D eigenvalue weighted by atomic mass is 16.4. The molecule has 0 atom stereocenters. The van der Waals surface area contributed by atoms with Gasteiger partial charge in [-0.3, -0.25) is 9.59 Å². The predicted molar refractivity (Wildman–Crippen MR) is 46.7 cm³/mol. The van der Waals surface area contributed by atoms with Crippen LogP contribution >= 0.6 is 0 Å². The zero-order valence-electron chi connectivity index (χ0n) is 7.11. The Balaban J connectivity index is 2.61. The number of carboxylic acid groups (broad SMARTS) is 1. The SMILES string of the molecule is O=C(O)c1ccc2c(c1)C(=O)CC2=O. The normalized spacial score (nSPS) is 14.3. The topological polar surface area (TPSA) is 71.4 Å². The van der Waals surface area contributed by atoms with Gasteiger partial charge in [-0.25, -0.2) is 4.79 Å². The molecule has 1 N–H and O–H groups in total. The summed E-state index contributed by atoms with van der Waals surface area (Å²) in [5, 5.41) is 8.67. The average Bonchev–Trinajstić information content (AvgIpc) is 2.42. The van der Waals surface area contributed by atoms with Crippen molar-refractivity contribution in [1.82, 2.24) is 0 Å². The molecule has 0 aromatic heterocycles. The summed E-state index contributed by atoms with van der Waals surface area (Å²) in [7, 11) is 0. The second-order valence-corrected chi connectivity index (χ2v) is 3.09. The molecule has 1 aliphatic rings. The Bertz CT molecular complexity index is 459. The Morgan fingerprint density at radius 2 is 1.79 bits per heavy atom. The van der Waals surface area contributed by atoms with Crippen LogP contribution in [0.1, 0.15) is 37.5 Å². The van der Waals surface area contributed by atoms with Crippen LogP contribution in [0.4, 0.5) is 0 Å². The second-order valence-electron chi connectivity index (χ2n) is 3.09. The minimum atomic E-state index is -1.10. The molecule has 0 bridgehead atoms. The third kappa shape index (κ3) is 1.12. The zero-order chi connectivity index (χ0) is 10.3. The molecule has 1 aliphatic carbocycles. The predicted octanol–water partition coefficient (Wildman–Crippen LogP) is 1.15. The van der Waals surface area contributed by atoms with Gasteiger partial charge in [-0.1, -0.05) is 0 Å². The lowest BCUT2D eigenvalue weighted by Crippen LogP contribution is -1.99. The molecular formula is C10H6O4. The number of carbonyl (C=O) groups is 3. The number of hydrogen-bond donors (Lipinski definition) is 1. The van der Waals surface area contributed by atoms with Gasteiger partial charge in [-0.05, 0) is 18.2 Å². The number of fused-ring (bicyclic) bond motifs is 1. The van der Waals surface area contributed by atoms with Crippen LogP contribution in [0.5, 0.6) is 0 Å². The summed E-state index contributed by atoms with van der Waals surface area (Å²) in [5.74, 6) is -1.63. The molecule has 0 heterocycles. The second kappa shape index (κ2) is 2.77. The molecule has 1 aromatic rings. The molecule has 14 heavy (non-hydrogen) atoms. The zero-order valence-corrected chi connectivity index (χ0v) is 7.11. The van der Waals surface area contributed by atoms with Gasteiger partial charge >= 0.3 is 5.97 Å². The van der Waals surface area contributed by atoms with Crippen molar-refractivity contribution in [3.05, 3.63) is 34.9 Å². The molecule has 70 valence electrons. The first-order valence-corrected chi connectivity index (χ1v) is 4.03. The number of hydrogen-bond acceptors (Lipinski definition) is 3. The van der Waals surface area contributed by atoms with Gasteiger partial charge < -0.3 is 5.11 Å². The van der Waals surface area contributed by atoms with Crippen LogP contribution in [0.2, 0.25) is 0 Å². The van der Waals surface area contributed by atoms with E-state index in [9.17, 15) is 14.4 Å². The summed E-state index contributed by atoms with van der Waals surface area (Å²) in [4.78, 5) is 33.0. The van der Waals surface area contributed by atoms with E-state index in [1.807, 2.05) is 0 Å². The quantitative estimate of drug-likeness (QED) is 0.674. The van der Waals surface area contributed by atoms with E-state index < -0.39 is 5.97 Å². The van der Waals surface area contributed by atoms with E-state index in [2.05, 4.69) is 0 Å². The lowest BCUT2D eigenvalue weighted by atomic mass is 10.1. The maximum absolute atomic E-state index is 11.2. The standard InChI is InChI=1S/C10H6O4/c11-8-4-9(12)7-3-5(10(13)14)1-2-6(7)8/h1-3H,4H2,(H,13,14). The highest BCUT2D eigenvalue weighted by molar-refractivity contribution is 6.24. The maximum atomic E-state index is 11.2. The lowest BCUT2D eigenvalue weighted by molar-refractivity contribution is 0.0696. The minimum Gasteiger partial charge on any atom is -0.478 e. The van der Waals surface area contributed by atoms with Crippen LogP contribution in [-0.2, 0) is 0 Å². The van der Waals surface area contributed by atoms with Crippen molar-refractivity contribution in [3.8, 4) is 0 Å². The number of Topliss-reactive ketones (excluding diaryl/α,β-unsaturated/α-hetero) is 2. The van der Waals surface area contributed by atoms with Crippen LogP contribution in [0, 0.1) is 0 Å². The van der Waals surface area contributed by atoms with Crippen LogP contribution in [-0.4, -0.2) is 22.6 Å².